The van der Waals surface area contributed by atoms with Gasteiger partial charge in [-0.15, -0.1) is 0 Å². The van der Waals surface area contributed by atoms with Gasteiger partial charge in [-0.1, -0.05) is 18.3 Å². The van der Waals surface area contributed by atoms with E-state index in [-0.39, 0.29) is 0 Å². The third-order valence-corrected chi connectivity index (χ3v) is 1.69. The molecule has 0 aliphatic rings. The van der Waals surface area contributed by atoms with Gasteiger partial charge in [0.25, 0.3) is 0 Å². The number of thioether (sulfide) groups is 1. The molecule has 0 aromatic rings. The smallest absolute Gasteiger partial charge is 0.162 e. The summed E-state index contributed by atoms with van der Waals surface area (Å²) in [5, 5.41) is 2.74. The molecule has 2 nitrogen and oxygen atoms in total. The quantitative estimate of drug-likeness (QED) is 0.408. The third-order valence-electron chi connectivity index (χ3n) is 0.763. The Labute approximate surface area is 60.7 Å². The molecule has 0 fully saturated rings. The highest BCUT2D eigenvalue weighted by atomic mass is 32.2. The zero-order valence-corrected chi connectivity index (χ0v) is 6.90. The fraction of sp³-hybridized carbons (Fsp3) is 0.500. The number of hydrogen-bond acceptors (Lipinski definition) is 2. The van der Waals surface area contributed by atoms with Crippen molar-refractivity contribution < 1.29 is 0 Å². The van der Waals surface area contributed by atoms with E-state index in [1.54, 1.807) is 12.5 Å². The summed E-state index contributed by atoms with van der Waals surface area (Å²) in [6.45, 7) is 3.59. The maximum atomic E-state index is 4.01. The first-order chi connectivity index (χ1) is 4.22. The largest absolute Gasteiger partial charge is 0.357 e. The Bertz CT molecular complexity index is 118. The molecule has 0 bridgehead atoms. The van der Waals surface area contributed by atoms with Crippen LogP contribution < -0.4 is 0 Å². The summed E-state index contributed by atoms with van der Waals surface area (Å²) < 4.78 is 0. The Morgan fingerprint density at radius 3 is 2.33 bits per heavy atom. The van der Waals surface area contributed by atoms with E-state index in [0.717, 1.165) is 5.17 Å². The van der Waals surface area contributed by atoms with E-state index in [2.05, 4.69) is 11.6 Å². The van der Waals surface area contributed by atoms with Crippen LogP contribution in [0.25, 0.3) is 0 Å². The molecule has 0 radical (unpaired) electrons. The zero-order valence-electron chi connectivity index (χ0n) is 6.09. The highest BCUT2D eigenvalue weighted by Gasteiger charge is 1.95. The van der Waals surface area contributed by atoms with Gasteiger partial charge in [0.1, 0.15) is 0 Å². The van der Waals surface area contributed by atoms with Gasteiger partial charge in [-0.25, -0.2) is 0 Å². The van der Waals surface area contributed by atoms with Crippen LogP contribution in [0.4, 0.5) is 0 Å². The first kappa shape index (κ1) is 8.56. The molecule has 9 heavy (non-hydrogen) atoms. The minimum absolute atomic E-state index is 0.977. The number of hydrogen-bond donors (Lipinski definition) is 0. The molecule has 0 amide bonds. The van der Waals surface area contributed by atoms with Gasteiger partial charge in [0.2, 0.25) is 0 Å². The molecule has 0 aliphatic heterocycles. The van der Waals surface area contributed by atoms with E-state index in [9.17, 15) is 0 Å². The van der Waals surface area contributed by atoms with Crippen molar-refractivity contribution in [1.82, 2.24) is 4.90 Å². The SMILES string of the molecule is C=CSC(=NC)N(C)C. The van der Waals surface area contributed by atoms with Crippen LogP contribution in [-0.4, -0.2) is 31.2 Å². The predicted octanol–water partition coefficient (Wildman–Crippen LogP) is 1.41. The normalized spacial score (nSPS) is 11.2. The lowest BCUT2D eigenvalue weighted by Gasteiger charge is -2.11. The standard InChI is InChI=1S/C6H12N2S/c1-5-9-6(7-2)8(3)4/h5H,1H2,2-4H3. The molecule has 0 aliphatic carbocycles. The molecule has 0 heterocycles. The van der Waals surface area contributed by atoms with Crippen molar-refractivity contribution in [1.29, 1.82) is 0 Å². The van der Waals surface area contributed by atoms with Crippen molar-refractivity contribution in [2.75, 3.05) is 21.1 Å². The molecule has 52 valence electrons. The zero-order chi connectivity index (χ0) is 7.28. The van der Waals surface area contributed by atoms with Crippen LogP contribution in [0.1, 0.15) is 0 Å². The molecule has 0 saturated heterocycles. The molecule has 0 unspecified atom stereocenters. The van der Waals surface area contributed by atoms with Gasteiger partial charge in [-0.3, -0.25) is 4.99 Å². The Hall–Kier alpha value is -0.440. The second-order valence-corrected chi connectivity index (χ2v) is 2.62. The van der Waals surface area contributed by atoms with E-state index in [1.165, 1.54) is 11.8 Å². The van der Waals surface area contributed by atoms with Gasteiger partial charge in [-0.2, -0.15) is 0 Å². The maximum Gasteiger partial charge on any atom is 0.162 e. The van der Waals surface area contributed by atoms with Gasteiger partial charge in [-0.05, 0) is 5.41 Å². The maximum absolute atomic E-state index is 4.01. The average molecular weight is 144 g/mol. The monoisotopic (exact) mass is 144 g/mol. The molecule has 0 aromatic heterocycles. The van der Waals surface area contributed by atoms with Gasteiger partial charge >= 0.3 is 0 Å². The van der Waals surface area contributed by atoms with Crippen LogP contribution in [0.2, 0.25) is 0 Å². The fourth-order valence-electron chi connectivity index (χ4n) is 0.433. The van der Waals surface area contributed by atoms with Crippen molar-refractivity contribution in [3.8, 4) is 0 Å². The lowest BCUT2D eigenvalue weighted by molar-refractivity contribution is 0.635. The lowest BCUT2D eigenvalue weighted by atomic mass is 10.9. The summed E-state index contributed by atoms with van der Waals surface area (Å²) in [4.78, 5) is 5.96. The molecular formula is C6H12N2S. The average Bonchev–Trinajstić information content (AvgIpc) is 1.82. The van der Waals surface area contributed by atoms with E-state index in [4.69, 9.17) is 0 Å². The first-order valence-corrected chi connectivity index (χ1v) is 3.52. The Kier molecular flexibility index (Phi) is 4.22. The Morgan fingerprint density at radius 1 is 1.67 bits per heavy atom. The van der Waals surface area contributed by atoms with Gasteiger partial charge in [0.05, 0.1) is 0 Å². The van der Waals surface area contributed by atoms with Crippen molar-refractivity contribution in [2.45, 2.75) is 0 Å². The molecule has 0 rings (SSSR count). The molecule has 0 N–H and O–H groups in total. The van der Waals surface area contributed by atoms with Crippen molar-refractivity contribution >= 4 is 16.9 Å². The van der Waals surface area contributed by atoms with Crippen LogP contribution in [0, 0.1) is 0 Å². The second kappa shape index (κ2) is 4.44. The summed E-state index contributed by atoms with van der Waals surface area (Å²) >= 11 is 1.52. The Morgan fingerprint density at radius 2 is 2.22 bits per heavy atom. The lowest BCUT2D eigenvalue weighted by Crippen LogP contribution is -2.17. The highest BCUT2D eigenvalue weighted by molar-refractivity contribution is 8.16. The van der Waals surface area contributed by atoms with Crippen molar-refractivity contribution in [3.63, 3.8) is 0 Å². The molecule has 0 saturated carbocycles. The number of amidine groups is 1. The fourth-order valence-corrected chi connectivity index (χ4v) is 0.898. The minimum Gasteiger partial charge on any atom is -0.357 e. The van der Waals surface area contributed by atoms with Crippen LogP contribution in [0.15, 0.2) is 17.0 Å². The summed E-state index contributed by atoms with van der Waals surface area (Å²) in [7, 11) is 5.68. The number of aliphatic imine (C=N–C) groups is 1. The predicted molar refractivity (Wildman–Crippen MR) is 44.8 cm³/mol. The van der Waals surface area contributed by atoms with Crippen molar-refractivity contribution in [2.24, 2.45) is 4.99 Å². The van der Waals surface area contributed by atoms with E-state index in [1.807, 2.05) is 19.0 Å². The topological polar surface area (TPSA) is 15.6 Å². The van der Waals surface area contributed by atoms with E-state index in [0.29, 0.717) is 0 Å². The van der Waals surface area contributed by atoms with Crippen LogP contribution >= 0.6 is 11.8 Å². The molecule has 3 heteroatoms. The van der Waals surface area contributed by atoms with Crippen LogP contribution in [0.3, 0.4) is 0 Å². The van der Waals surface area contributed by atoms with Crippen LogP contribution in [-0.2, 0) is 0 Å². The summed E-state index contributed by atoms with van der Waals surface area (Å²) in [6.07, 6.45) is 0. The number of rotatable bonds is 1. The third kappa shape index (κ3) is 3.19. The van der Waals surface area contributed by atoms with E-state index < -0.39 is 0 Å². The second-order valence-electron chi connectivity index (χ2n) is 1.69. The van der Waals surface area contributed by atoms with Gasteiger partial charge < -0.3 is 4.90 Å². The highest BCUT2D eigenvalue weighted by Crippen LogP contribution is 2.05. The molecular weight excluding hydrogens is 132 g/mol. The van der Waals surface area contributed by atoms with Gasteiger partial charge in [0.15, 0.2) is 5.17 Å². The molecule has 0 atom stereocenters. The molecule has 0 aromatic carbocycles. The van der Waals surface area contributed by atoms with E-state index >= 15 is 0 Å². The Balaban J connectivity index is 3.84. The number of nitrogens with zero attached hydrogens (tertiary/aromatic N) is 2. The van der Waals surface area contributed by atoms with Gasteiger partial charge in [0, 0.05) is 21.1 Å². The summed E-state index contributed by atoms with van der Waals surface area (Å²) in [5.41, 5.74) is 0. The minimum atomic E-state index is 0.977. The summed E-state index contributed by atoms with van der Waals surface area (Å²) in [5.74, 6) is 0. The first-order valence-electron chi connectivity index (χ1n) is 2.64. The van der Waals surface area contributed by atoms with Crippen molar-refractivity contribution in [3.05, 3.63) is 12.0 Å². The molecule has 0 spiro atoms. The summed E-state index contributed by atoms with van der Waals surface area (Å²) in [6, 6.07) is 0. The van der Waals surface area contributed by atoms with Crippen LogP contribution in [0.5, 0.6) is 0 Å².